The molecule has 0 unspecified atom stereocenters. The van der Waals surface area contributed by atoms with E-state index in [1.165, 1.54) is 0 Å². The molecule has 0 saturated heterocycles. The minimum absolute atomic E-state index is 0.568. The predicted octanol–water partition coefficient (Wildman–Crippen LogP) is 3.53. The fourth-order valence-corrected chi connectivity index (χ4v) is 3.26. The lowest BCUT2D eigenvalue weighted by molar-refractivity contribution is 0.662. The highest BCUT2D eigenvalue weighted by Gasteiger charge is 2.13. The summed E-state index contributed by atoms with van der Waals surface area (Å²) in [6, 6.07) is 1.99. The van der Waals surface area contributed by atoms with Crippen molar-refractivity contribution >= 4 is 34.1 Å². The van der Waals surface area contributed by atoms with Gasteiger partial charge in [0.1, 0.15) is 11.3 Å². The average molecular weight is 321 g/mol. The lowest BCUT2D eigenvalue weighted by Gasteiger charge is -2.06. The number of halogens is 1. The van der Waals surface area contributed by atoms with E-state index in [0.29, 0.717) is 5.88 Å². The standard InChI is InChI=1S/C15H17ClN4S/c1-10-4-7-17-15-14(10)19-13(3-6-16)20(15)8-5-12-9-21-11(2)18-12/h4,7,9H,3,5-6,8H2,1-2H3. The van der Waals surface area contributed by atoms with E-state index in [0.717, 1.165) is 52.6 Å². The number of pyridine rings is 1. The molecule has 3 heterocycles. The summed E-state index contributed by atoms with van der Waals surface area (Å²) < 4.78 is 2.18. The van der Waals surface area contributed by atoms with Gasteiger partial charge in [-0.1, -0.05) is 0 Å². The molecule has 0 atom stereocenters. The van der Waals surface area contributed by atoms with Gasteiger partial charge in [0.2, 0.25) is 0 Å². The first-order chi connectivity index (χ1) is 10.2. The molecule has 0 amide bonds. The molecular formula is C15H17ClN4S. The van der Waals surface area contributed by atoms with Gasteiger partial charge in [-0.25, -0.2) is 15.0 Å². The summed E-state index contributed by atoms with van der Waals surface area (Å²) in [7, 11) is 0. The Morgan fingerprint density at radius 2 is 2.10 bits per heavy atom. The van der Waals surface area contributed by atoms with Crippen LogP contribution in [0.5, 0.6) is 0 Å². The molecule has 4 nitrogen and oxygen atoms in total. The van der Waals surface area contributed by atoms with Crippen molar-refractivity contribution in [1.29, 1.82) is 0 Å². The molecule has 0 aliphatic carbocycles. The van der Waals surface area contributed by atoms with Gasteiger partial charge in [-0.3, -0.25) is 0 Å². The van der Waals surface area contributed by atoms with E-state index in [1.54, 1.807) is 11.3 Å². The third-order valence-electron chi connectivity index (χ3n) is 3.49. The highest BCUT2D eigenvalue weighted by Crippen LogP contribution is 2.19. The Labute approximate surface area is 132 Å². The average Bonchev–Trinajstić information content (AvgIpc) is 3.02. The fourth-order valence-electron chi connectivity index (χ4n) is 2.44. The van der Waals surface area contributed by atoms with E-state index in [-0.39, 0.29) is 0 Å². The molecule has 0 aliphatic rings. The van der Waals surface area contributed by atoms with Crippen LogP contribution in [0.2, 0.25) is 0 Å². The molecule has 110 valence electrons. The molecule has 3 aromatic heterocycles. The van der Waals surface area contributed by atoms with Crippen molar-refractivity contribution in [2.75, 3.05) is 5.88 Å². The van der Waals surface area contributed by atoms with Crippen LogP contribution >= 0.6 is 22.9 Å². The summed E-state index contributed by atoms with van der Waals surface area (Å²) in [5, 5.41) is 3.23. The third kappa shape index (κ3) is 2.94. The van der Waals surface area contributed by atoms with Crippen molar-refractivity contribution < 1.29 is 0 Å². The second-order valence-electron chi connectivity index (χ2n) is 5.03. The molecule has 3 aromatic rings. The Balaban J connectivity index is 1.95. The van der Waals surface area contributed by atoms with Crippen molar-refractivity contribution in [3.8, 4) is 0 Å². The van der Waals surface area contributed by atoms with Crippen LogP contribution < -0.4 is 0 Å². The number of hydrogen-bond donors (Lipinski definition) is 0. The number of hydrogen-bond acceptors (Lipinski definition) is 4. The summed E-state index contributed by atoms with van der Waals surface area (Å²) in [4.78, 5) is 13.7. The van der Waals surface area contributed by atoms with Crippen LogP contribution in [0.4, 0.5) is 0 Å². The van der Waals surface area contributed by atoms with Crippen LogP contribution in [0.25, 0.3) is 11.2 Å². The summed E-state index contributed by atoms with van der Waals surface area (Å²) in [5.41, 5.74) is 4.21. The first kappa shape index (κ1) is 14.5. The van der Waals surface area contributed by atoms with Crippen molar-refractivity contribution in [3.05, 3.63) is 39.7 Å². The van der Waals surface area contributed by atoms with E-state index in [2.05, 4.69) is 26.8 Å². The third-order valence-corrected chi connectivity index (χ3v) is 4.50. The number of thiazole rings is 1. The van der Waals surface area contributed by atoms with E-state index in [4.69, 9.17) is 16.6 Å². The Bertz CT molecular complexity index is 762. The highest BCUT2D eigenvalue weighted by atomic mass is 35.5. The van der Waals surface area contributed by atoms with Gasteiger partial charge >= 0.3 is 0 Å². The van der Waals surface area contributed by atoms with Crippen LogP contribution in [0, 0.1) is 13.8 Å². The van der Waals surface area contributed by atoms with Crippen molar-refractivity contribution in [1.82, 2.24) is 19.5 Å². The second kappa shape index (κ2) is 6.12. The van der Waals surface area contributed by atoms with Gasteiger partial charge in [0.15, 0.2) is 5.65 Å². The van der Waals surface area contributed by atoms with E-state index in [9.17, 15) is 0 Å². The Morgan fingerprint density at radius 1 is 1.24 bits per heavy atom. The maximum atomic E-state index is 5.91. The van der Waals surface area contributed by atoms with E-state index < -0.39 is 0 Å². The number of aromatic nitrogens is 4. The molecule has 6 heteroatoms. The normalized spacial score (nSPS) is 11.4. The van der Waals surface area contributed by atoms with Gasteiger partial charge in [0.25, 0.3) is 0 Å². The fraction of sp³-hybridized carbons (Fsp3) is 0.400. The molecule has 0 aromatic carbocycles. The van der Waals surface area contributed by atoms with Crippen LogP contribution in [-0.4, -0.2) is 25.4 Å². The lowest BCUT2D eigenvalue weighted by Crippen LogP contribution is -2.08. The van der Waals surface area contributed by atoms with Gasteiger partial charge < -0.3 is 4.57 Å². The summed E-state index contributed by atoms with van der Waals surface area (Å²) in [6.07, 6.45) is 3.49. The maximum Gasteiger partial charge on any atom is 0.160 e. The number of imidazole rings is 1. The first-order valence-electron chi connectivity index (χ1n) is 6.96. The quantitative estimate of drug-likeness (QED) is 0.675. The largest absolute Gasteiger partial charge is 0.312 e. The molecular weight excluding hydrogens is 304 g/mol. The molecule has 0 bridgehead atoms. The van der Waals surface area contributed by atoms with E-state index in [1.807, 2.05) is 19.2 Å². The monoisotopic (exact) mass is 320 g/mol. The molecule has 3 rings (SSSR count). The molecule has 0 radical (unpaired) electrons. The Morgan fingerprint density at radius 3 is 2.81 bits per heavy atom. The summed E-state index contributed by atoms with van der Waals surface area (Å²) >= 11 is 7.60. The molecule has 0 N–H and O–H groups in total. The molecule has 21 heavy (non-hydrogen) atoms. The molecule has 0 spiro atoms. The zero-order chi connectivity index (χ0) is 14.8. The van der Waals surface area contributed by atoms with Gasteiger partial charge in [0, 0.05) is 36.8 Å². The lowest BCUT2D eigenvalue weighted by atomic mass is 10.3. The second-order valence-corrected chi connectivity index (χ2v) is 6.47. The number of nitrogens with zero attached hydrogens (tertiary/aromatic N) is 4. The maximum absolute atomic E-state index is 5.91. The van der Waals surface area contributed by atoms with Gasteiger partial charge in [-0.15, -0.1) is 22.9 Å². The summed E-state index contributed by atoms with van der Waals surface area (Å²) in [5.74, 6) is 1.58. The van der Waals surface area contributed by atoms with Gasteiger partial charge in [-0.05, 0) is 25.5 Å². The van der Waals surface area contributed by atoms with Gasteiger partial charge in [-0.2, -0.15) is 0 Å². The van der Waals surface area contributed by atoms with Crippen molar-refractivity contribution in [3.63, 3.8) is 0 Å². The van der Waals surface area contributed by atoms with E-state index >= 15 is 0 Å². The van der Waals surface area contributed by atoms with Crippen LogP contribution in [0.3, 0.4) is 0 Å². The minimum Gasteiger partial charge on any atom is -0.312 e. The van der Waals surface area contributed by atoms with Crippen LogP contribution in [-0.2, 0) is 19.4 Å². The Hall–Kier alpha value is -1.46. The molecule has 0 aliphatic heterocycles. The smallest absolute Gasteiger partial charge is 0.160 e. The highest BCUT2D eigenvalue weighted by molar-refractivity contribution is 7.09. The first-order valence-corrected chi connectivity index (χ1v) is 8.38. The minimum atomic E-state index is 0.568. The number of aryl methyl sites for hydroxylation is 5. The SMILES string of the molecule is Cc1nc(CCn2c(CCCl)nc3c(C)ccnc32)cs1. The van der Waals surface area contributed by atoms with Crippen molar-refractivity contribution in [2.24, 2.45) is 0 Å². The van der Waals surface area contributed by atoms with Crippen LogP contribution in [0.15, 0.2) is 17.6 Å². The van der Waals surface area contributed by atoms with Crippen molar-refractivity contribution in [2.45, 2.75) is 33.2 Å². The molecule has 0 saturated carbocycles. The topological polar surface area (TPSA) is 43.6 Å². The zero-order valence-corrected chi connectivity index (χ0v) is 13.7. The van der Waals surface area contributed by atoms with Crippen LogP contribution in [0.1, 0.15) is 22.1 Å². The predicted molar refractivity (Wildman–Crippen MR) is 87.2 cm³/mol. The number of fused-ring (bicyclic) bond motifs is 1. The Kier molecular flexibility index (Phi) is 4.22. The molecule has 0 fully saturated rings. The van der Waals surface area contributed by atoms with Gasteiger partial charge in [0.05, 0.1) is 10.7 Å². The number of alkyl halides is 1. The zero-order valence-electron chi connectivity index (χ0n) is 12.1. The summed E-state index contributed by atoms with van der Waals surface area (Å²) in [6.45, 7) is 4.93. The number of rotatable bonds is 5.